The van der Waals surface area contributed by atoms with E-state index < -0.39 is 5.82 Å². The lowest BCUT2D eigenvalue weighted by molar-refractivity contribution is 0.103. The fourth-order valence-electron chi connectivity index (χ4n) is 2.15. The number of ether oxygens (including phenoxy) is 1. The summed E-state index contributed by atoms with van der Waals surface area (Å²) in [6.45, 7) is 0. The molecule has 0 unspecified atom stereocenters. The van der Waals surface area contributed by atoms with E-state index in [0.717, 1.165) is 0 Å². The van der Waals surface area contributed by atoms with Gasteiger partial charge in [-0.15, -0.1) is 0 Å². The molecule has 0 atom stereocenters. The van der Waals surface area contributed by atoms with Crippen molar-refractivity contribution in [3.05, 3.63) is 93.7 Å². The highest BCUT2D eigenvalue weighted by atomic mass is 35.5. The number of ketones is 1. The maximum absolute atomic E-state index is 12.9. The lowest BCUT2D eigenvalue weighted by Crippen LogP contribution is -2.01. The number of rotatable bonds is 4. The van der Waals surface area contributed by atoms with E-state index in [0.29, 0.717) is 32.7 Å². The number of carbonyl (C=O) groups excluding carboxylic acids is 1. The number of hydrogen-bond donors (Lipinski definition) is 0. The lowest BCUT2D eigenvalue weighted by atomic mass is 10.0. The molecule has 0 N–H and O–H groups in total. The monoisotopic (exact) mass is 360 g/mol. The third kappa shape index (κ3) is 3.75. The SMILES string of the molecule is O=C(c1ccc(F)cc1)c1ccc(Oc2cccc(Cl)c2)c(Cl)c1. The first kappa shape index (κ1) is 16.5. The lowest BCUT2D eigenvalue weighted by Gasteiger charge is -2.09. The number of benzene rings is 3. The predicted octanol–water partition coefficient (Wildman–Crippen LogP) is 6.16. The molecule has 0 radical (unpaired) electrons. The van der Waals surface area contributed by atoms with E-state index in [-0.39, 0.29) is 5.78 Å². The van der Waals surface area contributed by atoms with Crippen LogP contribution in [-0.4, -0.2) is 5.78 Å². The van der Waals surface area contributed by atoms with Crippen molar-refractivity contribution in [1.82, 2.24) is 0 Å². The topological polar surface area (TPSA) is 26.3 Å². The van der Waals surface area contributed by atoms with Gasteiger partial charge in [-0.25, -0.2) is 4.39 Å². The Morgan fingerprint density at radius 3 is 2.25 bits per heavy atom. The summed E-state index contributed by atoms with van der Waals surface area (Å²) >= 11 is 12.1. The molecule has 5 heteroatoms. The maximum atomic E-state index is 12.9. The van der Waals surface area contributed by atoms with Gasteiger partial charge in [0.05, 0.1) is 5.02 Å². The van der Waals surface area contributed by atoms with Crippen LogP contribution < -0.4 is 4.74 Å². The van der Waals surface area contributed by atoms with Gasteiger partial charge >= 0.3 is 0 Å². The molecule has 0 aliphatic carbocycles. The van der Waals surface area contributed by atoms with E-state index >= 15 is 0 Å². The molecule has 24 heavy (non-hydrogen) atoms. The molecule has 120 valence electrons. The highest BCUT2D eigenvalue weighted by molar-refractivity contribution is 6.32. The molecule has 0 heterocycles. The summed E-state index contributed by atoms with van der Waals surface area (Å²) in [5.41, 5.74) is 0.779. The van der Waals surface area contributed by atoms with Crippen LogP contribution in [-0.2, 0) is 0 Å². The standard InChI is InChI=1S/C19H11Cl2FO2/c20-14-2-1-3-16(11-14)24-18-9-6-13(10-17(18)21)19(23)12-4-7-15(22)8-5-12/h1-11H. The molecule has 0 aliphatic rings. The van der Waals surface area contributed by atoms with Gasteiger partial charge in [0, 0.05) is 16.1 Å². The second kappa shape index (κ2) is 7.04. The number of halogens is 3. The molecule has 0 spiro atoms. The van der Waals surface area contributed by atoms with Crippen LogP contribution in [0.3, 0.4) is 0 Å². The fraction of sp³-hybridized carbons (Fsp3) is 0. The minimum absolute atomic E-state index is 0.244. The predicted molar refractivity (Wildman–Crippen MR) is 92.8 cm³/mol. The molecule has 0 amide bonds. The Hall–Kier alpha value is -2.36. The van der Waals surface area contributed by atoms with Gasteiger partial charge in [-0.2, -0.15) is 0 Å². The second-order valence-electron chi connectivity index (χ2n) is 5.04. The van der Waals surface area contributed by atoms with Gasteiger partial charge in [-0.05, 0) is 60.7 Å². The Morgan fingerprint density at radius 2 is 1.58 bits per heavy atom. The van der Waals surface area contributed by atoms with Gasteiger partial charge in [0.2, 0.25) is 0 Å². The molecule has 0 aliphatic heterocycles. The molecule has 3 aromatic carbocycles. The third-order valence-corrected chi connectivity index (χ3v) is 3.85. The van der Waals surface area contributed by atoms with E-state index in [1.54, 1.807) is 36.4 Å². The van der Waals surface area contributed by atoms with E-state index in [4.69, 9.17) is 27.9 Å². The van der Waals surface area contributed by atoms with Crippen molar-refractivity contribution in [3.63, 3.8) is 0 Å². The Balaban J connectivity index is 1.84. The van der Waals surface area contributed by atoms with Crippen LogP contribution in [0.2, 0.25) is 10.0 Å². The molecule has 3 rings (SSSR count). The largest absolute Gasteiger partial charge is 0.456 e. The molecule has 0 saturated heterocycles. The molecule has 3 aromatic rings. The highest BCUT2D eigenvalue weighted by Gasteiger charge is 2.12. The molecule has 0 saturated carbocycles. The van der Waals surface area contributed by atoms with Crippen molar-refractivity contribution < 1.29 is 13.9 Å². The second-order valence-corrected chi connectivity index (χ2v) is 5.88. The zero-order valence-corrected chi connectivity index (χ0v) is 13.8. The van der Waals surface area contributed by atoms with Crippen LogP contribution in [0, 0.1) is 5.82 Å². The summed E-state index contributed by atoms with van der Waals surface area (Å²) in [7, 11) is 0. The van der Waals surface area contributed by atoms with E-state index in [2.05, 4.69) is 0 Å². The van der Waals surface area contributed by atoms with Crippen molar-refractivity contribution in [1.29, 1.82) is 0 Å². The van der Waals surface area contributed by atoms with Crippen LogP contribution in [0.15, 0.2) is 66.7 Å². The zero-order chi connectivity index (χ0) is 17.1. The van der Waals surface area contributed by atoms with E-state index in [9.17, 15) is 9.18 Å². The molecule has 0 bridgehead atoms. The van der Waals surface area contributed by atoms with Crippen molar-refractivity contribution >= 4 is 29.0 Å². The van der Waals surface area contributed by atoms with Crippen LogP contribution in [0.4, 0.5) is 4.39 Å². The van der Waals surface area contributed by atoms with Gasteiger partial charge in [0.25, 0.3) is 0 Å². The summed E-state index contributed by atoms with van der Waals surface area (Å²) in [4.78, 5) is 12.4. The van der Waals surface area contributed by atoms with Gasteiger partial charge in [-0.3, -0.25) is 4.79 Å². The van der Waals surface area contributed by atoms with Crippen LogP contribution >= 0.6 is 23.2 Å². The number of hydrogen-bond acceptors (Lipinski definition) is 2. The summed E-state index contributed by atoms with van der Waals surface area (Å²) in [6.07, 6.45) is 0. The minimum Gasteiger partial charge on any atom is -0.456 e. The van der Waals surface area contributed by atoms with Gasteiger partial charge in [-0.1, -0.05) is 29.3 Å². The molecular formula is C19H11Cl2FO2. The average molecular weight is 361 g/mol. The van der Waals surface area contributed by atoms with Crippen LogP contribution in [0.5, 0.6) is 11.5 Å². The average Bonchev–Trinajstić information content (AvgIpc) is 2.57. The van der Waals surface area contributed by atoms with Crippen molar-refractivity contribution in [3.8, 4) is 11.5 Å². The first-order valence-corrected chi connectivity index (χ1v) is 7.82. The molecule has 2 nitrogen and oxygen atoms in total. The molecule has 0 fully saturated rings. The fourth-order valence-corrected chi connectivity index (χ4v) is 2.55. The van der Waals surface area contributed by atoms with Gasteiger partial charge in [0.15, 0.2) is 5.78 Å². The zero-order valence-electron chi connectivity index (χ0n) is 12.3. The molecular weight excluding hydrogens is 350 g/mol. The minimum atomic E-state index is -0.394. The van der Waals surface area contributed by atoms with Crippen molar-refractivity contribution in [2.75, 3.05) is 0 Å². The summed E-state index contributed by atoms with van der Waals surface area (Å²) < 4.78 is 18.6. The van der Waals surface area contributed by atoms with Crippen molar-refractivity contribution in [2.24, 2.45) is 0 Å². The third-order valence-electron chi connectivity index (χ3n) is 3.32. The van der Waals surface area contributed by atoms with Gasteiger partial charge in [0.1, 0.15) is 17.3 Å². The summed E-state index contributed by atoms with van der Waals surface area (Å²) in [6, 6.07) is 17.0. The normalized spacial score (nSPS) is 10.5. The van der Waals surface area contributed by atoms with Crippen molar-refractivity contribution in [2.45, 2.75) is 0 Å². The smallest absolute Gasteiger partial charge is 0.193 e. The highest BCUT2D eigenvalue weighted by Crippen LogP contribution is 2.31. The molecule has 0 aromatic heterocycles. The first-order chi connectivity index (χ1) is 11.5. The van der Waals surface area contributed by atoms with Crippen LogP contribution in [0.1, 0.15) is 15.9 Å². The summed E-state index contributed by atoms with van der Waals surface area (Å²) in [5.74, 6) is 0.317. The van der Waals surface area contributed by atoms with Gasteiger partial charge < -0.3 is 4.74 Å². The van der Waals surface area contributed by atoms with Crippen LogP contribution in [0.25, 0.3) is 0 Å². The number of carbonyl (C=O) groups is 1. The van der Waals surface area contributed by atoms with E-state index in [1.807, 2.05) is 0 Å². The Kier molecular flexibility index (Phi) is 4.84. The Bertz CT molecular complexity index is 892. The summed E-state index contributed by atoms with van der Waals surface area (Å²) in [5, 5.41) is 0.842. The quantitative estimate of drug-likeness (QED) is 0.521. The Morgan fingerprint density at radius 1 is 0.875 bits per heavy atom. The van der Waals surface area contributed by atoms with E-state index in [1.165, 1.54) is 30.3 Å². The maximum Gasteiger partial charge on any atom is 0.193 e. The first-order valence-electron chi connectivity index (χ1n) is 7.06. The Labute approximate surface area is 148 Å².